The molecule has 2 rings (SSSR count). The number of hydrazone groups is 1. The number of rotatable bonds is 6. The van der Waals surface area contributed by atoms with Gasteiger partial charge in [0.05, 0.1) is 25.5 Å². The molecule has 0 bridgehead atoms. The largest absolute Gasteiger partial charge is 0.493 e. The summed E-state index contributed by atoms with van der Waals surface area (Å²) in [6, 6.07) is 11.8. The third-order valence-electron chi connectivity index (χ3n) is 3.24. The van der Waals surface area contributed by atoms with Crippen molar-refractivity contribution in [2.75, 3.05) is 14.2 Å². The Morgan fingerprint density at radius 3 is 2.46 bits per heavy atom. The van der Waals surface area contributed by atoms with Crippen LogP contribution in [0.3, 0.4) is 0 Å². The third kappa shape index (κ3) is 4.24. The van der Waals surface area contributed by atoms with E-state index in [2.05, 4.69) is 10.5 Å². The van der Waals surface area contributed by atoms with Crippen LogP contribution in [0.1, 0.15) is 17.2 Å². The van der Waals surface area contributed by atoms with Crippen LogP contribution in [-0.2, 0) is 4.79 Å². The van der Waals surface area contributed by atoms with Gasteiger partial charge in [-0.3, -0.25) is 4.79 Å². The van der Waals surface area contributed by atoms with E-state index in [4.69, 9.17) is 21.1 Å². The van der Waals surface area contributed by atoms with Crippen LogP contribution in [-0.4, -0.2) is 31.4 Å². The molecular formula is C17H17ClN2O4. The second kappa shape index (κ2) is 8.33. The smallest absolute Gasteiger partial charge is 0.273 e. The Hall–Kier alpha value is -2.57. The number of halogens is 1. The van der Waals surface area contributed by atoms with Gasteiger partial charge in [-0.1, -0.05) is 41.9 Å². The monoisotopic (exact) mass is 348 g/mol. The van der Waals surface area contributed by atoms with Crippen molar-refractivity contribution in [3.63, 3.8) is 0 Å². The highest BCUT2D eigenvalue weighted by Crippen LogP contribution is 2.32. The molecule has 0 aliphatic rings. The van der Waals surface area contributed by atoms with Crippen molar-refractivity contribution < 1.29 is 19.4 Å². The van der Waals surface area contributed by atoms with Crippen molar-refractivity contribution in [3.8, 4) is 11.5 Å². The van der Waals surface area contributed by atoms with Crippen LogP contribution in [0, 0.1) is 0 Å². The molecule has 7 heteroatoms. The van der Waals surface area contributed by atoms with E-state index in [1.165, 1.54) is 20.4 Å². The zero-order valence-electron chi connectivity index (χ0n) is 13.2. The van der Waals surface area contributed by atoms with Crippen LogP contribution in [0.4, 0.5) is 0 Å². The Kier molecular flexibility index (Phi) is 6.17. The lowest BCUT2D eigenvalue weighted by Gasteiger charge is -2.10. The number of methoxy groups -OCH3 is 2. The van der Waals surface area contributed by atoms with Crippen molar-refractivity contribution in [1.29, 1.82) is 0 Å². The Morgan fingerprint density at radius 2 is 1.83 bits per heavy atom. The molecule has 0 spiro atoms. The molecule has 2 aromatic carbocycles. The van der Waals surface area contributed by atoms with Gasteiger partial charge in [0.25, 0.3) is 5.91 Å². The number of aliphatic hydroxyl groups excluding tert-OH is 1. The lowest BCUT2D eigenvalue weighted by Crippen LogP contribution is -2.25. The van der Waals surface area contributed by atoms with Crippen LogP contribution in [0.5, 0.6) is 11.5 Å². The zero-order valence-corrected chi connectivity index (χ0v) is 13.9. The number of nitrogens with zero attached hydrogens (tertiary/aromatic N) is 1. The molecule has 2 N–H and O–H groups in total. The van der Waals surface area contributed by atoms with Crippen LogP contribution >= 0.6 is 11.6 Å². The van der Waals surface area contributed by atoms with Gasteiger partial charge < -0.3 is 14.6 Å². The van der Waals surface area contributed by atoms with Crippen LogP contribution in [0.15, 0.2) is 47.6 Å². The summed E-state index contributed by atoms with van der Waals surface area (Å²) in [7, 11) is 3.01. The van der Waals surface area contributed by atoms with Gasteiger partial charge in [0.1, 0.15) is 0 Å². The maximum absolute atomic E-state index is 11.9. The predicted molar refractivity (Wildman–Crippen MR) is 91.7 cm³/mol. The normalized spacial score (nSPS) is 12.0. The molecule has 0 saturated carbocycles. The van der Waals surface area contributed by atoms with E-state index in [-0.39, 0.29) is 0 Å². The molecule has 0 radical (unpaired) electrons. The number of hydrogen-bond acceptors (Lipinski definition) is 5. The fourth-order valence-electron chi connectivity index (χ4n) is 1.98. The van der Waals surface area contributed by atoms with Crippen molar-refractivity contribution >= 4 is 23.7 Å². The van der Waals surface area contributed by atoms with Gasteiger partial charge in [-0.05, 0) is 11.6 Å². The summed E-state index contributed by atoms with van der Waals surface area (Å²) in [5.74, 6) is 0.330. The van der Waals surface area contributed by atoms with E-state index in [1.807, 2.05) is 0 Å². The molecule has 6 nitrogen and oxygen atoms in total. The minimum atomic E-state index is -1.30. The Bertz CT molecular complexity index is 735. The number of hydrogen-bond donors (Lipinski definition) is 2. The Balaban J connectivity index is 2.07. The average molecular weight is 349 g/mol. The number of ether oxygens (including phenoxy) is 2. The molecule has 0 aromatic heterocycles. The van der Waals surface area contributed by atoms with Gasteiger partial charge in [0, 0.05) is 11.6 Å². The van der Waals surface area contributed by atoms with Gasteiger partial charge in [0.2, 0.25) is 0 Å². The van der Waals surface area contributed by atoms with Gasteiger partial charge in [-0.15, -0.1) is 0 Å². The molecule has 0 saturated heterocycles. The van der Waals surface area contributed by atoms with Gasteiger partial charge >= 0.3 is 0 Å². The fourth-order valence-corrected chi connectivity index (χ4v) is 2.18. The fraction of sp³-hybridized carbons (Fsp3) is 0.176. The van der Waals surface area contributed by atoms with E-state index in [1.54, 1.807) is 42.5 Å². The van der Waals surface area contributed by atoms with E-state index >= 15 is 0 Å². The van der Waals surface area contributed by atoms with E-state index in [0.29, 0.717) is 27.6 Å². The molecule has 1 amide bonds. The summed E-state index contributed by atoms with van der Waals surface area (Å²) >= 11 is 6.12. The number of carbonyl (C=O) groups is 1. The van der Waals surface area contributed by atoms with E-state index in [0.717, 1.165) is 0 Å². The second-order valence-electron chi connectivity index (χ2n) is 4.78. The maximum atomic E-state index is 11.9. The van der Waals surface area contributed by atoms with Gasteiger partial charge in [0.15, 0.2) is 17.6 Å². The number of amides is 1. The van der Waals surface area contributed by atoms with Gasteiger partial charge in [-0.2, -0.15) is 5.10 Å². The summed E-state index contributed by atoms with van der Waals surface area (Å²) in [5, 5.41) is 14.1. The molecular weight excluding hydrogens is 332 g/mol. The van der Waals surface area contributed by atoms with E-state index in [9.17, 15) is 9.90 Å². The molecule has 0 aliphatic heterocycles. The lowest BCUT2D eigenvalue weighted by molar-refractivity contribution is -0.129. The minimum absolute atomic E-state index is 0.384. The summed E-state index contributed by atoms with van der Waals surface area (Å²) in [6.07, 6.45) is 0.0594. The van der Waals surface area contributed by atoms with Crippen molar-refractivity contribution in [1.82, 2.24) is 5.43 Å². The maximum Gasteiger partial charge on any atom is 0.273 e. The number of nitrogens with one attached hydrogen (secondary N) is 1. The van der Waals surface area contributed by atoms with Crippen molar-refractivity contribution in [2.45, 2.75) is 6.10 Å². The topological polar surface area (TPSA) is 80.2 Å². The Morgan fingerprint density at radius 1 is 1.21 bits per heavy atom. The van der Waals surface area contributed by atoms with E-state index < -0.39 is 12.0 Å². The van der Waals surface area contributed by atoms with Crippen LogP contribution in [0.25, 0.3) is 0 Å². The summed E-state index contributed by atoms with van der Waals surface area (Å²) in [6.45, 7) is 0. The second-order valence-corrected chi connectivity index (χ2v) is 5.18. The summed E-state index contributed by atoms with van der Waals surface area (Å²) in [5.41, 5.74) is 3.28. The standard InChI is InChI=1S/C17H17ClN2O4/c1-23-14-8-12(13(18)9-15(14)24-2)10-19-20-17(22)16(21)11-6-4-3-5-7-11/h3-10,16,21H,1-2H3,(H,20,22)/b19-10-/t16-/m0/s1. The quantitative estimate of drug-likeness (QED) is 0.621. The molecule has 0 aliphatic carbocycles. The van der Waals surface area contributed by atoms with Crippen molar-refractivity contribution in [2.24, 2.45) is 5.10 Å². The molecule has 2 aromatic rings. The third-order valence-corrected chi connectivity index (χ3v) is 3.57. The first kappa shape index (κ1) is 17.8. The molecule has 126 valence electrons. The SMILES string of the molecule is COc1cc(Cl)c(/C=N\NC(=O)[C@@H](O)c2ccccc2)cc1OC. The molecule has 0 fully saturated rings. The highest BCUT2D eigenvalue weighted by molar-refractivity contribution is 6.33. The molecule has 24 heavy (non-hydrogen) atoms. The predicted octanol–water partition coefficient (Wildman–Crippen LogP) is 2.54. The summed E-state index contributed by atoms with van der Waals surface area (Å²) < 4.78 is 10.3. The minimum Gasteiger partial charge on any atom is -0.493 e. The number of aliphatic hydroxyl groups is 1. The Labute approximate surface area is 144 Å². The lowest BCUT2D eigenvalue weighted by atomic mass is 10.1. The highest BCUT2D eigenvalue weighted by Gasteiger charge is 2.16. The van der Waals surface area contributed by atoms with Crippen LogP contribution < -0.4 is 14.9 Å². The highest BCUT2D eigenvalue weighted by atomic mass is 35.5. The zero-order chi connectivity index (χ0) is 17.5. The first-order valence-electron chi connectivity index (χ1n) is 7.04. The number of benzene rings is 2. The van der Waals surface area contributed by atoms with Crippen LogP contribution in [0.2, 0.25) is 5.02 Å². The molecule has 0 heterocycles. The first-order valence-corrected chi connectivity index (χ1v) is 7.42. The van der Waals surface area contributed by atoms with Crippen molar-refractivity contribution in [3.05, 3.63) is 58.6 Å². The molecule has 0 unspecified atom stereocenters. The average Bonchev–Trinajstić information content (AvgIpc) is 2.62. The van der Waals surface area contributed by atoms with Gasteiger partial charge in [-0.25, -0.2) is 5.43 Å². The first-order chi connectivity index (χ1) is 11.6. The molecule has 1 atom stereocenters. The number of carbonyl (C=O) groups excluding carboxylic acids is 1. The summed E-state index contributed by atoms with van der Waals surface area (Å²) in [4.78, 5) is 11.9.